The molecule has 0 spiro atoms. The molecule has 7 nitrogen and oxygen atoms in total. The summed E-state index contributed by atoms with van der Waals surface area (Å²) in [6, 6.07) is 18.0. The molecule has 0 radical (unpaired) electrons. The molecule has 0 fully saturated rings. The molecule has 1 aliphatic carbocycles. The molecule has 9 heteroatoms. The third-order valence-corrected chi connectivity index (χ3v) is 8.45. The van der Waals surface area contributed by atoms with E-state index in [-0.39, 0.29) is 29.6 Å². The van der Waals surface area contributed by atoms with E-state index in [0.717, 1.165) is 4.31 Å². The zero-order chi connectivity index (χ0) is 25.3. The fourth-order valence-electron chi connectivity index (χ4n) is 4.01. The summed E-state index contributed by atoms with van der Waals surface area (Å²) in [6.07, 6.45) is -1.79. The Bertz CT molecular complexity index is 1370. The summed E-state index contributed by atoms with van der Waals surface area (Å²) in [4.78, 5) is 27.5. The highest BCUT2D eigenvalue weighted by Crippen LogP contribution is 2.37. The van der Waals surface area contributed by atoms with Gasteiger partial charge in [0.15, 0.2) is 11.6 Å². The summed E-state index contributed by atoms with van der Waals surface area (Å²) in [5, 5.41) is 19.4. The minimum Gasteiger partial charge on any atom is -0.392 e. The predicted molar refractivity (Wildman–Crippen MR) is 132 cm³/mol. The maximum atomic E-state index is 13.2. The van der Waals surface area contributed by atoms with Gasteiger partial charge >= 0.3 is 0 Å². The van der Waals surface area contributed by atoms with Crippen LogP contribution in [0.25, 0.3) is 0 Å². The van der Waals surface area contributed by atoms with Gasteiger partial charge in [0.05, 0.1) is 17.1 Å². The van der Waals surface area contributed by atoms with Crippen LogP contribution in [0.1, 0.15) is 45.7 Å². The minimum absolute atomic E-state index is 0.0263. The second kappa shape index (κ2) is 10.0. The van der Waals surface area contributed by atoms with E-state index in [0.29, 0.717) is 32.0 Å². The number of hydrogen-bond donors (Lipinski definition) is 2. The van der Waals surface area contributed by atoms with Crippen LogP contribution in [-0.4, -0.2) is 59.8 Å². The molecular formula is C26H25NO6S2. The molecule has 182 valence electrons. The lowest BCUT2D eigenvalue weighted by molar-refractivity contribution is 0.0977. The first kappa shape index (κ1) is 25.3. The molecule has 3 aromatic rings. The lowest BCUT2D eigenvalue weighted by atomic mass is 9.84. The fourth-order valence-corrected chi connectivity index (χ4v) is 6.59. The van der Waals surface area contributed by atoms with Crippen LogP contribution in [0.4, 0.5) is 0 Å². The van der Waals surface area contributed by atoms with Crippen LogP contribution in [0.15, 0.2) is 81.4 Å². The molecule has 4 rings (SSSR count). The number of nitrogens with zero attached hydrogens (tertiary/aromatic N) is 1. The second-order valence-electron chi connectivity index (χ2n) is 8.48. The van der Waals surface area contributed by atoms with Crippen molar-refractivity contribution < 1.29 is 28.2 Å². The third-order valence-electron chi connectivity index (χ3n) is 5.54. The number of aliphatic hydroxyl groups excluding tert-OH is 2. The smallest absolute Gasteiger partial charge is 0.243 e. The van der Waals surface area contributed by atoms with Gasteiger partial charge in [-0.25, -0.2) is 8.42 Å². The number of ketones is 2. The molecular weight excluding hydrogens is 486 g/mol. The van der Waals surface area contributed by atoms with Crippen molar-refractivity contribution in [2.75, 3.05) is 13.1 Å². The lowest BCUT2D eigenvalue weighted by Crippen LogP contribution is -2.40. The zero-order valence-corrected chi connectivity index (χ0v) is 20.8. The highest BCUT2D eigenvalue weighted by atomic mass is 32.2. The van der Waals surface area contributed by atoms with Gasteiger partial charge in [-0.3, -0.25) is 9.59 Å². The Balaban J connectivity index is 1.63. The summed E-state index contributed by atoms with van der Waals surface area (Å²) in [7, 11) is -3.94. The first-order valence-electron chi connectivity index (χ1n) is 11.0. The average Bonchev–Trinajstić information content (AvgIpc) is 2.82. The van der Waals surface area contributed by atoms with Crippen LogP contribution in [0.3, 0.4) is 0 Å². The van der Waals surface area contributed by atoms with Crippen molar-refractivity contribution in [2.45, 2.75) is 40.7 Å². The first-order chi connectivity index (χ1) is 16.6. The van der Waals surface area contributed by atoms with E-state index >= 15 is 0 Å². The standard InChI is InChI=1S/C26H25NO6S2/c1-16(28)14-27(15-17(2)29)35(32,33)19-12-10-18(11-13-19)34-23-9-5-8-22-24(23)26(31)21-7-4-3-6-20(21)25(22)30/h3-13,16-17,28-29H,14-15H2,1-2H3. The van der Waals surface area contributed by atoms with Crippen molar-refractivity contribution in [1.29, 1.82) is 0 Å². The molecule has 3 aromatic carbocycles. The molecule has 1 aliphatic rings. The van der Waals surface area contributed by atoms with Gasteiger partial charge in [-0.05, 0) is 44.2 Å². The number of fused-ring (bicyclic) bond motifs is 2. The minimum atomic E-state index is -3.94. The molecule has 0 aliphatic heterocycles. The van der Waals surface area contributed by atoms with E-state index in [2.05, 4.69) is 0 Å². The van der Waals surface area contributed by atoms with E-state index < -0.39 is 22.2 Å². The third kappa shape index (κ3) is 5.10. The van der Waals surface area contributed by atoms with Crippen molar-refractivity contribution in [3.63, 3.8) is 0 Å². The Morgan fingerprint density at radius 2 is 1.31 bits per heavy atom. The number of rotatable bonds is 8. The number of aliphatic hydroxyl groups is 2. The molecule has 0 bridgehead atoms. The highest BCUT2D eigenvalue weighted by molar-refractivity contribution is 7.99. The normalized spacial score (nSPS) is 15.0. The Hall–Kier alpha value is -2.82. The molecule has 35 heavy (non-hydrogen) atoms. The molecule has 0 aromatic heterocycles. The maximum absolute atomic E-state index is 13.2. The summed E-state index contributed by atoms with van der Waals surface area (Å²) in [6.45, 7) is 2.68. The lowest BCUT2D eigenvalue weighted by Gasteiger charge is -2.24. The van der Waals surface area contributed by atoms with Gasteiger partial charge in [0.2, 0.25) is 10.0 Å². The first-order valence-corrected chi connectivity index (χ1v) is 13.3. The summed E-state index contributed by atoms with van der Waals surface area (Å²) < 4.78 is 27.2. The van der Waals surface area contributed by atoms with Crippen LogP contribution in [0.2, 0.25) is 0 Å². The second-order valence-corrected chi connectivity index (χ2v) is 11.5. The molecule has 0 saturated carbocycles. The topological polar surface area (TPSA) is 112 Å². The van der Waals surface area contributed by atoms with Crippen LogP contribution in [0.5, 0.6) is 0 Å². The Kier molecular flexibility index (Phi) is 7.25. The number of hydrogen-bond acceptors (Lipinski definition) is 7. The maximum Gasteiger partial charge on any atom is 0.243 e. The average molecular weight is 512 g/mol. The van der Waals surface area contributed by atoms with Crippen LogP contribution in [-0.2, 0) is 10.0 Å². The van der Waals surface area contributed by atoms with Gasteiger partial charge in [-0.15, -0.1) is 0 Å². The van der Waals surface area contributed by atoms with E-state index in [1.54, 1.807) is 54.6 Å². The van der Waals surface area contributed by atoms with Gasteiger partial charge in [-0.1, -0.05) is 48.2 Å². The molecule has 2 N–H and O–H groups in total. The molecule has 0 saturated heterocycles. The molecule has 2 atom stereocenters. The number of sulfonamides is 1. The van der Waals surface area contributed by atoms with Gasteiger partial charge in [-0.2, -0.15) is 4.31 Å². The Morgan fingerprint density at radius 3 is 1.89 bits per heavy atom. The summed E-state index contributed by atoms with van der Waals surface area (Å²) in [5.41, 5.74) is 1.46. The van der Waals surface area contributed by atoms with Crippen molar-refractivity contribution in [3.05, 3.63) is 89.0 Å². The predicted octanol–water partition coefficient (Wildman–Crippen LogP) is 3.37. The van der Waals surface area contributed by atoms with Gasteiger partial charge < -0.3 is 10.2 Å². The summed E-state index contributed by atoms with van der Waals surface area (Å²) in [5.74, 6) is -0.417. The van der Waals surface area contributed by atoms with Crippen molar-refractivity contribution >= 4 is 33.4 Å². The van der Waals surface area contributed by atoms with Gasteiger partial charge in [0, 0.05) is 45.1 Å². The van der Waals surface area contributed by atoms with Crippen molar-refractivity contribution in [2.24, 2.45) is 0 Å². The molecule has 2 unspecified atom stereocenters. The van der Waals surface area contributed by atoms with E-state index in [4.69, 9.17) is 0 Å². The highest BCUT2D eigenvalue weighted by Gasteiger charge is 2.31. The number of carbonyl (C=O) groups excluding carboxylic acids is 2. The van der Waals surface area contributed by atoms with Crippen LogP contribution >= 0.6 is 11.8 Å². The van der Waals surface area contributed by atoms with Crippen LogP contribution < -0.4 is 0 Å². The van der Waals surface area contributed by atoms with Crippen LogP contribution in [0, 0.1) is 0 Å². The van der Waals surface area contributed by atoms with Gasteiger partial charge in [0.1, 0.15) is 0 Å². The monoisotopic (exact) mass is 511 g/mol. The number of benzene rings is 3. The Labute approximate surface area is 208 Å². The molecule has 0 amide bonds. The molecule has 0 heterocycles. The summed E-state index contributed by atoms with van der Waals surface area (Å²) >= 11 is 1.27. The van der Waals surface area contributed by atoms with Gasteiger partial charge in [0.25, 0.3) is 0 Å². The SMILES string of the molecule is CC(O)CN(CC(C)O)S(=O)(=O)c1ccc(Sc2cccc3c2C(=O)c2ccccc2C3=O)cc1. The van der Waals surface area contributed by atoms with E-state index in [9.17, 15) is 28.2 Å². The van der Waals surface area contributed by atoms with E-state index in [1.165, 1.54) is 37.7 Å². The quantitative estimate of drug-likeness (QED) is 0.373. The largest absolute Gasteiger partial charge is 0.392 e. The fraction of sp³-hybridized carbons (Fsp3) is 0.231. The van der Waals surface area contributed by atoms with Crippen molar-refractivity contribution in [3.8, 4) is 0 Å². The van der Waals surface area contributed by atoms with E-state index in [1.807, 2.05) is 0 Å². The van der Waals surface area contributed by atoms with Crippen molar-refractivity contribution in [1.82, 2.24) is 4.31 Å². The Morgan fingerprint density at radius 1 is 0.771 bits per heavy atom. The zero-order valence-electron chi connectivity index (χ0n) is 19.2. The number of carbonyl (C=O) groups is 2.